The molecular weight excluding hydrogens is 228 g/mol. The molecule has 0 saturated heterocycles. The minimum absolute atomic E-state index is 0.0969. The Balaban J connectivity index is 2.60. The molecule has 5 heteroatoms. The molecule has 1 rings (SSSR count). The van der Waals surface area contributed by atoms with Crippen molar-refractivity contribution in [2.45, 2.75) is 46.6 Å². The molecule has 0 atom stereocenters. The van der Waals surface area contributed by atoms with Crippen molar-refractivity contribution < 1.29 is 4.42 Å². The fourth-order valence-electron chi connectivity index (χ4n) is 1.70. The zero-order chi connectivity index (χ0) is 14.0. The van der Waals surface area contributed by atoms with Gasteiger partial charge in [0.05, 0.1) is 6.54 Å². The fraction of sp³-hybridized carbons (Fsp3) is 0.846. The van der Waals surface area contributed by atoms with Crippen molar-refractivity contribution in [3.05, 3.63) is 11.8 Å². The molecule has 0 aliphatic carbocycles. The van der Waals surface area contributed by atoms with Crippen LogP contribution in [0, 0.1) is 5.41 Å². The second kappa shape index (κ2) is 5.36. The van der Waals surface area contributed by atoms with Gasteiger partial charge in [-0.15, -0.1) is 10.2 Å². The summed E-state index contributed by atoms with van der Waals surface area (Å²) in [5, 5.41) is 8.18. The number of aromatic nitrogens is 2. The van der Waals surface area contributed by atoms with Crippen LogP contribution in [0.3, 0.4) is 0 Å². The Morgan fingerprint density at radius 1 is 1.17 bits per heavy atom. The molecule has 1 heterocycles. The highest BCUT2D eigenvalue weighted by Crippen LogP contribution is 2.21. The molecule has 0 spiro atoms. The van der Waals surface area contributed by atoms with E-state index in [1.165, 1.54) is 0 Å². The smallest absolute Gasteiger partial charge is 0.230 e. The van der Waals surface area contributed by atoms with Crippen molar-refractivity contribution in [1.82, 2.24) is 15.1 Å². The quantitative estimate of drug-likeness (QED) is 0.867. The van der Waals surface area contributed by atoms with E-state index < -0.39 is 0 Å². The number of hydrogen-bond acceptors (Lipinski definition) is 5. The molecule has 0 aliphatic heterocycles. The van der Waals surface area contributed by atoms with E-state index in [0.717, 1.165) is 6.54 Å². The van der Waals surface area contributed by atoms with Crippen LogP contribution < -0.4 is 5.73 Å². The van der Waals surface area contributed by atoms with Crippen molar-refractivity contribution in [3.63, 3.8) is 0 Å². The molecule has 2 N–H and O–H groups in total. The first-order chi connectivity index (χ1) is 8.14. The predicted octanol–water partition coefficient (Wildman–Crippen LogP) is 1.78. The normalized spacial score (nSPS) is 13.3. The van der Waals surface area contributed by atoms with Gasteiger partial charge < -0.3 is 10.2 Å². The van der Waals surface area contributed by atoms with Crippen LogP contribution in [0.2, 0.25) is 0 Å². The number of nitrogens with two attached hydrogens (primary N) is 1. The van der Waals surface area contributed by atoms with Gasteiger partial charge in [0.25, 0.3) is 0 Å². The molecule has 0 unspecified atom stereocenters. The van der Waals surface area contributed by atoms with Gasteiger partial charge in [0.1, 0.15) is 0 Å². The summed E-state index contributed by atoms with van der Waals surface area (Å²) in [5.41, 5.74) is 5.73. The molecule has 1 aromatic rings. The van der Waals surface area contributed by atoms with Crippen LogP contribution in [0.5, 0.6) is 0 Å². The molecule has 5 nitrogen and oxygen atoms in total. The van der Waals surface area contributed by atoms with Gasteiger partial charge in [0, 0.05) is 12.0 Å². The van der Waals surface area contributed by atoms with E-state index in [1.807, 2.05) is 7.05 Å². The molecule has 0 aliphatic rings. The second-order valence-corrected chi connectivity index (χ2v) is 6.79. The van der Waals surface area contributed by atoms with Gasteiger partial charge in [0.15, 0.2) is 0 Å². The van der Waals surface area contributed by atoms with Gasteiger partial charge in [-0.05, 0) is 19.0 Å². The Bertz CT molecular complexity index is 379. The maximum Gasteiger partial charge on any atom is 0.230 e. The lowest BCUT2D eigenvalue weighted by Crippen LogP contribution is -2.36. The highest BCUT2D eigenvalue weighted by Gasteiger charge is 2.23. The number of rotatable bonds is 5. The van der Waals surface area contributed by atoms with E-state index in [0.29, 0.717) is 24.9 Å². The van der Waals surface area contributed by atoms with Gasteiger partial charge in [-0.2, -0.15) is 0 Å². The number of nitrogens with zero attached hydrogens (tertiary/aromatic N) is 3. The average Bonchev–Trinajstić information content (AvgIpc) is 2.64. The van der Waals surface area contributed by atoms with Gasteiger partial charge in [-0.25, -0.2) is 0 Å². The number of hydrogen-bond donors (Lipinski definition) is 1. The predicted molar refractivity (Wildman–Crippen MR) is 72.2 cm³/mol. The molecule has 0 aromatic carbocycles. The van der Waals surface area contributed by atoms with Crippen LogP contribution in [0.4, 0.5) is 0 Å². The van der Waals surface area contributed by atoms with Crippen molar-refractivity contribution in [3.8, 4) is 0 Å². The van der Waals surface area contributed by atoms with E-state index in [-0.39, 0.29) is 10.8 Å². The van der Waals surface area contributed by atoms with Crippen LogP contribution in [-0.2, 0) is 12.0 Å². The molecule has 0 radical (unpaired) electrons. The van der Waals surface area contributed by atoms with E-state index >= 15 is 0 Å². The zero-order valence-corrected chi connectivity index (χ0v) is 12.4. The summed E-state index contributed by atoms with van der Waals surface area (Å²) in [4.78, 5) is 2.16. The SMILES string of the molecule is CN(Cc1nnc(C(C)(C)C)o1)CC(C)(C)CN. The van der Waals surface area contributed by atoms with Crippen molar-refractivity contribution in [1.29, 1.82) is 0 Å². The van der Waals surface area contributed by atoms with Crippen LogP contribution in [0.25, 0.3) is 0 Å². The minimum atomic E-state index is -0.0969. The highest BCUT2D eigenvalue weighted by atomic mass is 16.4. The Morgan fingerprint density at radius 3 is 2.22 bits per heavy atom. The van der Waals surface area contributed by atoms with Crippen molar-refractivity contribution >= 4 is 0 Å². The monoisotopic (exact) mass is 254 g/mol. The molecule has 0 saturated carbocycles. The molecule has 0 fully saturated rings. The lowest BCUT2D eigenvalue weighted by Gasteiger charge is -2.28. The van der Waals surface area contributed by atoms with E-state index in [2.05, 4.69) is 49.7 Å². The second-order valence-electron chi connectivity index (χ2n) is 6.79. The van der Waals surface area contributed by atoms with Crippen molar-refractivity contribution in [2.24, 2.45) is 11.1 Å². The Morgan fingerprint density at radius 2 is 1.78 bits per heavy atom. The third kappa shape index (κ3) is 4.38. The first-order valence-corrected chi connectivity index (χ1v) is 6.35. The molecule has 104 valence electrons. The van der Waals surface area contributed by atoms with Crippen molar-refractivity contribution in [2.75, 3.05) is 20.1 Å². The van der Waals surface area contributed by atoms with Gasteiger partial charge >= 0.3 is 0 Å². The van der Waals surface area contributed by atoms with Gasteiger partial charge in [-0.1, -0.05) is 34.6 Å². The molecule has 0 bridgehead atoms. The standard InChI is InChI=1S/C13H26N4O/c1-12(2,3)11-16-15-10(18-11)7-17(6)9-13(4,5)8-14/h7-9,14H2,1-6H3. The Hall–Kier alpha value is -0.940. The van der Waals surface area contributed by atoms with E-state index in [9.17, 15) is 0 Å². The zero-order valence-electron chi connectivity index (χ0n) is 12.4. The molecule has 0 amide bonds. The summed E-state index contributed by atoms with van der Waals surface area (Å²) >= 11 is 0. The van der Waals surface area contributed by atoms with Gasteiger partial charge in [-0.3, -0.25) is 4.90 Å². The highest BCUT2D eigenvalue weighted by molar-refractivity contribution is 4.96. The first kappa shape index (κ1) is 15.1. The average molecular weight is 254 g/mol. The van der Waals surface area contributed by atoms with E-state index in [4.69, 9.17) is 10.2 Å². The summed E-state index contributed by atoms with van der Waals surface area (Å²) in [7, 11) is 2.04. The van der Waals surface area contributed by atoms with E-state index in [1.54, 1.807) is 0 Å². The van der Waals surface area contributed by atoms with Crippen LogP contribution in [-0.4, -0.2) is 35.2 Å². The summed E-state index contributed by atoms with van der Waals surface area (Å²) < 4.78 is 5.67. The Labute approximate surface area is 110 Å². The fourth-order valence-corrected chi connectivity index (χ4v) is 1.70. The molecule has 18 heavy (non-hydrogen) atoms. The lowest BCUT2D eigenvalue weighted by molar-refractivity contribution is 0.193. The Kier molecular flexibility index (Phi) is 4.50. The van der Waals surface area contributed by atoms with Crippen LogP contribution in [0.1, 0.15) is 46.4 Å². The largest absolute Gasteiger partial charge is 0.423 e. The maximum atomic E-state index is 5.73. The third-order valence-electron chi connectivity index (χ3n) is 2.76. The topological polar surface area (TPSA) is 68.2 Å². The summed E-state index contributed by atoms with van der Waals surface area (Å²) in [6.45, 7) is 12.7. The maximum absolute atomic E-state index is 5.73. The molecule has 1 aromatic heterocycles. The summed E-state index contributed by atoms with van der Waals surface area (Å²) in [6.07, 6.45) is 0. The minimum Gasteiger partial charge on any atom is -0.423 e. The van der Waals surface area contributed by atoms with Crippen LogP contribution >= 0.6 is 0 Å². The summed E-state index contributed by atoms with van der Waals surface area (Å²) in [5.74, 6) is 1.35. The van der Waals surface area contributed by atoms with Gasteiger partial charge in [0.2, 0.25) is 11.8 Å². The molecular formula is C13H26N4O. The third-order valence-corrected chi connectivity index (χ3v) is 2.76. The summed E-state index contributed by atoms with van der Waals surface area (Å²) in [6, 6.07) is 0. The van der Waals surface area contributed by atoms with Crippen LogP contribution in [0.15, 0.2) is 4.42 Å². The lowest BCUT2D eigenvalue weighted by atomic mass is 9.93. The first-order valence-electron chi connectivity index (χ1n) is 6.35.